The number of rotatable bonds is 6. The first-order valence-electron chi connectivity index (χ1n) is 9.25. The average molecular weight is 430 g/mol. The van der Waals surface area contributed by atoms with Gasteiger partial charge < -0.3 is 10.1 Å². The van der Waals surface area contributed by atoms with Crippen molar-refractivity contribution in [3.05, 3.63) is 75.7 Å². The van der Waals surface area contributed by atoms with Gasteiger partial charge in [-0.25, -0.2) is 9.07 Å². The second kappa shape index (κ2) is 8.67. The van der Waals surface area contributed by atoms with Crippen molar-refractivity contribution in [3.63, 3.8) is 0 Å². The Balaban J connectivity index is 1.84. The van der Waals surface area contributed by atoms with Crippen LogP contribution in [-0.4, -0.2) is 21.5 Å². The Hall–Kier alpha value is -3.19. The Morgan fingerprint density at radius 2 is 1.87 bits per heavy atom. The van der Waals surface area contributed by atoms with Gasteiger partial charge >= 0.3 is 0 Å². The van der Waals surface area contributed by atoms with Crippen LogP contribution < -0.4 is 10.1 Å². The number of amides is 1. The largest absolute Gasteiger partial charge is 0.437 e. The molecule has 3 aromatic rings. The number of Topliss-reactive ketones (excluding diaryl/α,β-unsaturated/α-hetero) is 1. The molecule has 8 heteroatoms. The zero-order chi connectivity index (χ0) is 22.0. The van der Waals surface area contributed by atoms with Crippen molar-refractivity contribution in [2.75, 3.05) is 0 Å². The Morgan fingerprint density at radius 1 is 1.20 bits per heavy atom. The summed E-state index contributed by atoms with van der Waals surface area (Å²) in [6.07, 6.45) is 0. The highest BCUT2D eigenvalue weighted by Gasteiger charge is 2.24. The second-order valence-electron chi connectivity index (χ2n) is 6.94. The number of benzene rings is 2. The van der Waals surface area contributed by atoms with E-state index in [0.717, 1.165) is 11.6 Å². The molecule has 3 rings (SSSR count). The molecule has 0 fully saturated rings. The van der Waals surface area contributed by atoms with Crippen LogP contribution in [0.3, 0.4) is 0 Å². The molecule has 1 N–H and O–H groups in total. The van der Waals surface area contributed by atoms with E-state index in [1.807, 2.05) is 6.92 Å². The van der Waals surface area contributed by atoms with Crippen LogP contribution >= 0.6 is 11.6 Å². The van der Waals surface area contributed by atoms with Gasteiger partial charge in [0.1, 0.15) is 17.1 Å². The molecule has 30 heavy (non-hydrogen) atoms. The first-order chi connectivity index (χ1) is 14.2. The van der Waals surface area contributed by atoms with Crippen molar-refractivity contribution < 1.29 is 18.7 Å². The number of aromatic nitrogens is 2. The predicted molar refractivity (Wildman–Crippen MR) is 112 cm³/mol. The minimum atomic E-state index is -0.490. The van der Waals surface area contributed by atoms with Crippen LogP contribution in [0.4, 0.5) is 4.39 Å². The van der Waals surface area contributed by atoms with Crippen molar-refractivity contribution in [3.8, 4) is 11.6 Å². The summed E-state index contributed by atoms with van der Waals surface area (Å²) in [6.45, 7) is 5.03. The molecule has 1 atom stereocenters. The fourth-order valence-electron chi connectivity index (χ4n) is 3.04. The van der Waals surface area contributed by atoms with Crippen LogP contribution in [0.2, 0.25) is 5.02 Å². The van der Waals surface area contributed by atoms with Gasteiger partial charge in [0.15, 0.2) is 5.78 Å². The minimum Gasteiger partial charge on any atom is -0.437 e. The molecule has 2 aromatic carbocycles. The fourth-order valence-corrected chi connectivity index (χ4v) is 3.24. The maximum absolute atomic E-state index is 13.3. The number of aryl methyl sites for hydroxylation is 2. The molecule has 156 valence electrons. The lowest BCUT2D eigenvalue weighted by molar-refractivity contribution is 0.0935. The molecule has 6 nitrogen and oxygen atoms in total. The molecule has 1 heterocycles. The smallest absolute Gasteiger partial charge is 0.259 e. The Morgan fingerprint density at radius 3 is 2.47 bits per heavy atom. The molecule has 0 aliphatic heterocycles. The zero-order valence-corrected chi connectivity index (χ0v) is 17.7. The van der Waals surface area contributed by atoms with Crippen LogP contribution in [0, 0.1) is 12.7 Å². The Bertz CT molecular complexity index is 1110. The van der Waals surface area contributed by atoms with Gasteiger partial charge in [0.25, 0.3) is 5.91 Å². The van der Waals surface area contributed by atoms with E-state index in [2.05, 4.69) is 10.4 Å². The molecule has 0 aliphatic rings. The van der Waals surface area contributed by atoms with Gasteiger partial charge in [0.05, 0.1) is 16.8 Å². The molecule has 0 aliphatic carbocycles. The number of nitrogens with one attached hydrogen (secondary N) is 1. The number of hydrogen-bond donors (Lipinski definition) is 1. The van der Waals surface area contributed by atoms with Crippen LogP contribution in [0.1, 0.15) is 51.9 Å². The van der Waals surface area contributed by atoms with Crippen molar-refractivity contribution in [2.24, 2.45) is 7.05 Å². The van der Waals surface area contributed by atoms with Crippen molar-refractivity contribution in [1.29, 1.82) is 0 Å². The number of nitrogens with zero attached hydrogens (tertiary/aromatic N) is 2. The predicted octanol–water partition coefficient (Wildman–Crippen LogP) is 5.01. The minimum absolute atomic E-state index is 0.0227. The summed E-state index contributed by atoms with van der Waals surface area (Å²) in [5, 5.41) is 7.26. The summed E-state index contributed by atoms with van der Waals surface area (Å²) in [5.74, 6) is -0.487. The highest BCUT2D eigenvalue weighted by Crippen LogP contribution is 2.33. The first kappa shape index (κ1) is 21.5. The summed E-state index contributed by atoms with van der Waals surface area (Å²) in [6, 6.07) is 10.5. The van der Waals surface area contributed by atoms with Gasteiger partial charge in [-0.15, -0.1) is 0 Å². The van der Waals surface area contributed by atoms with E-state index in [-0.39, 0.29) is 39.9 Å². The molecule has 1 aromatic heterocycles. The monoisotopic (exact) mass is 429 g/mol. The molecule has 0 spiro atoms. The number of carbonyl (C=O) groups excluding carboxylic acids is 2. The Labute approximate surface area is 178 Å². The molecule has 0 saturated heterocycles. The van der Waals surface area contributed by atoms with E-state index in [1.54, 1.807) is 38.2 Å². The average Bonchev–Trinajstić information content (AvgIpc) is 2.97. The van der Waals surface area contributed by atoms with E-state index >= 15 is 0 Å². The quantitative estimate of drug-likeness (QED) is 0.559. The number of carbonyl (C=O) groups is 2. The fraction of sp³-hybridized carbons (Fsp3) is 0.227. The van der Waals surface area contributed by atoms with Crippen molar-refractivity contribution in [1.82, 2.24) is 15.1 Å². The topological polar surface area (TPSA) is 73.2 Å². The van der Waals surface area contributed by atoms with Crippen molar-refractivity contribution in [2.45, 2.75) is 26.8 Å². The Kier molecular flexibility index (Phi) is 6.22. The molecular formula is C22H21ClFN3O3. The summed E-state index contributed by atoms with van der Waals surface area (Å²) in [4.78, 5) is 24.4. The van der Waals surface area contributed by atoms with Crippen LogP contribution in [-0.2, 0) is 7.05 Å². The molecule has 0 radical (unpaired) electrons. The maximum atomic E-state index is 13.3. The molecule has 0 bridgehead atoms. The zero-order valence-electron chi connectivity index (χ0n) is 17.0. The van der Waals surface area contributed by atoms with E-state index in [0.29, 0.717) is 11.3 Å². The van der Waals surface area contributed by atoms with Gasteiger partial charge in [-0.2, -0.15) is 5.10 Å². The van der Waals surface area contributed by atoms with Gasteiger partial charge in [0, 0.05) is 12.6 Å². The van der Waals surface area contributed by atoms with E-state index in [1.165, 1.54) is 23.7 Å². The van der Waals surface area contributed by atoms with Gasteiger partial charge in [-0.05, 0) is 44.5 Å². The molecule has 1 amide bonds. The normalized spacial score (nSPS) is 11.8. The molecular weight excluding hydrogens is 409 g/mol. The van der Waals surface area contributed by atoms with Crippen LogP contribution in [0.25, 0.3) is 0 Å². The van der Waals surface area contributed by atoms with Crippen LogP contribution in [0.5, 0.6) is 11.6 Å². The molecule has 0 unspecified atom stereocenters. The number of ether oxygens (including phenoxy) is 1. The first-order valence-corrected chi connectivity index (χ1v) is 9.63. The summed E-state index contributed by atoms with van der Waals surface area (Å²) >= 11 is 6.05. The third kappa shape index (κ3) is 4.52. The van der Waals surface area contributed by atoms with E-state index in [4.69, 9.17) is 16.3 Å². The number of ketones is 1. The van der Waals surface area contributed by atoms with Gasteiger partial charge in [-0.3, -0.25) is 9.59 Å². The number of hydrogen-bond acceptors (Lipinski definition) is 4. The van der Waals surface area contributed by atoms with E-state index in [9.17, 15) is 14.0 Å². The lowest BCUT2D eigenvalue weighted by Crippen LogP contribution is -2.27. The summed E-state index contributed by atoms with van der Waals surface area (Å²) in [7, 11) is 1.64. The highest BCUT2D eigenvalue weighted by atomic mass is 35.5. The summed E-state index contributed by atoms with van der Waals surface area (Å²) in [5.41, 5.74) is 2.18. The standard InChI is InChI=1S/C22H21ClFN3O3/c1-12(15-5-7-16(8-6-15)14(3)28)25-21(29)20-13(2)26-27(4)22(20)30-19-10-9-17(24)11-18(19)23/h5-12H,1-4H3,(H,25,29)/t12-/m0/s1. The third-order valence-corrected chi connectivity index (χ3v) is 4.96. The van der Waals surface area contributed by atoms with Gasteiger partial charge in [-0.1, -0.05) is 35.9 Å². The lowest BCUT2D eigenvalue weighted by atomic mass is 10.0. The lowest BCUT2D eigenvalue weighted by Gasteiger charge is -2.16. The van der Waals surface area contributed by atoms with Crippen LogP contribution in [0.15, 0.2) is 42.5 Å². The van der Waals surface area contributed by atoms with Gasteiger partial charge in [0.2, 0.25) is 5.88 Å². The SMILES string of the molecule is CC(=O)c1ccc([C@H](C)NC(=O)c2c(C)nn(C)c2Oc2ccc(F)cc2Cl)cc1. The van der Waals surface area contributed by atoms with E-state index < -0.39 is 5.82 Å². The highest BCUT2D eigenvalue weighted by molar-refractivity contribution is 6.32. The third-order valence-electron chi connectivity index (χ3n) is 4.66. The maximum Gasteiger partial charge on any atom is 0.259 e. The second-order valence-corrected chi connectivity index (χ2v) is 7.35. The van der Waals surface area contributed by atoms with Crippen molar-refractivity contribution >= 4 is 23.3 Å². The molecule has 0 saturated carbocycles. The summed E-state index contributed by atoms with van der Waals surface area (Å²) < 4.78 is 20.5. The number of halogens is 2.